The molecular weight excluding hydrogens is 240 g/mol. The van der Waals surface area contributed by atoms with E-state index in [1.54, 1.807) is 0 Å². The van der Waals surface area contributed by atoms with Crippen LogP contribution in [0.4, 0.5) is 0 Å². The van der Waals surface area contributed by atoms with Crippen molar-refractivity contribution in [1.29, 1.82) is 0 Å². The summed E-state index contributed by atoms with van der Waals surface area (Å²) in [6.45, 7) is 7.90. The van der Waals surface area contributed by atoms with Crippen molar-refractivity contribution in [3.05, 3.63) is 35.4 Å². The van der Waals surface area contributed by atoms with Gasteiger partial charge in [0.15, 0.2) is 0 Å². The van der Waals surface area contributed by atoms with Gasteiger partial charge in [-0.3, -0.25) is 4.90 Å². The molecule has 1 heterocycles. The first-order valence-corrected chi connectivity index (χ1v) is 8.12. The lowest BCUT2D eigenvalue weighted by molar-refractivity contribution is 0.294. The van der Waals surface area contributed by atoms with Crippen molar-refractivity contribution in [3.63, 3.8) is 0 Å². The first-order valence-electron chi connectivity index (χ1n) is 6.97. The van der Waals surface area contributed by atoms with Crippen LogP contribution >= 0.6 is 11.8 Å². The van der Waals surface area contributed by atoms with Crippen LogP contribution < -0.4 is 5.32 Å². The van der Waals surface area contributed by atoms with Crippen molar-refractivity contribution >= 4 is 11.8 Å². The van der Waals surface area contributed by atoms with Crippen LogP contribution in [0.25, 0.3) is 0 Å². The van der Waals surface area contributed by atoms with Gasteiger partial charge in [-0.2, -0.15) is 11.8 Å². The molecule has 1 fully saturated rings. The minimum Gasteiger partial charge on any atom is -0.317 e. The summed E-state index contributed by atoms with van der Waals surface area (Å²) in [5.74, 6) is 2.58. The monoisotopic (exact) mass is 264 g/mol. The second kappa shape index (κ2) is 7.82. The predicted octanol–water partition coefficient (Wildman–Crippen LogP) is 2.39. The van der Waals surface area contributed by atoms with Gasteiger partial charge in [-0.25, -0.2) is 0 Å². The van der Waals surface area contributed by atoms with E-state index in [0.717, 1.165) is 26.1 Å². The highest BCUT2D eigenvalue weighted by atomic mass is 32.2. The summed E-state index contributed by atoms with van der Waals surface area (Å²) in [4.78, 5) is 2.56. The molecule has 2 rings (SSSR count). The second-order valence-corrected chi connectivity index (χ2v) is 6.03. The molecule has 0 aromatic heterocycles. The number of nitrogens with zero attached hydrogens (tertiary/aromatic N) is 1. The molecule has 2 nitrogen and oxygen atoms in total. The lowest BCUT2D eigenvalue weighted by Gasteiger charge is -2.26. The molecule has 1 N–H and O–H groups in total. The Morgan fingerprint density at radius 1 is 1.11 bits per heavy atom. The van der Waals surface area contributed by atoms with Crippen LogP contribution in [-0.4, -0.2) is 42.6 Å². The summed E-state index contributed by atoms with van der Waals surface area (Å²) in [6, 6.07) is 9.16. The van der Waals surface area contributed by atoms with Crippen molar-refractivity contribution < 1.29 is 0 Å². The van der Waals surface area contributed by atoms with E-state index in [-0.39, 0.29) is 0 Å². The first kappa shape index (κ1) is 13.9. The molecule has 0 bridgehead atoms. The molecule has 0 radical (unpaired) electrons. The number of hydrogen-bond donors (Lipinski definition) is 1. The highest BCUT2D eigenvalue weighted by Crippen LogP contribution is 2.13. The summed E-state index contributed by atoms with van der Waals surface area (Å²) in [6.07, 6.45) is 1.13. The smallest absolute Gasteiger partial charge is 0.0234 e. The maximum atomic E-state index is 3.37. The van der Waals surface area contributed by atoms with Crippen LogP contribution in [0.15, 0.2) is 24.3 Å². The van der Waals surface area contributed by atoms with Gasteiger partial charge in [0.1, 0.15) is 0 Å². The van der Waals surface area contributed by atoms with E-state index in [2.05, 4.69) is 53.2 Å². The fraction of sp³-hybridized carbons (Fsp3) is 0.600. The molecule has 1 saturated heterocycles. The molecule has 0 saturated carbocycles. The van der Waals surface area contributed by atoms with Gasteiger partial charge in [0.2, 0.25) is 0 Å². The SMILES string of the molecule is CCNCCc1ccc(CN2CCSCC2)cc1. The molecule has 18 heavy (non-hydrogen) atoms. The average molecular weight is 264 g/mol. The zero-order valence-electron chi connectivity index (χ0n) is 11.3. The van der Waals surface area contributed by atoms with Crippen LogP contribution in [0.1, 0.15) is 18.1 Å². The van der Waals surface area contributed by atoms with Crippen LogP contribution in [0.2, 0.25) is 0 Å². The Bertz CT molecular complexity index is 331. The van der Waals surface area contributed by atoms with Gasteiger partial charge in [-0.05, 0) is 30.6 Å². The van der Waals surface area contributed by atoms with Crippen LogP contribution in [-0.2, 0) is 13.0 Å². The molecule has 0 spiro atoms. The molecular formula is C15H24N2S. The molecule has 1 aromatic carbocycles. The molecule has 0 unspecified atom stereocenters. The highest BCUT2D eigenvalue weighted by Gasteiger charge is 2.10. The van der Waals surface area contributed by atoms with Gasteiger partial charge in [0, 0.05) is 31.1 Å². The van der Waals surface area contributed by atoms with Crippen LogP contribution in [0.5, 0.6) is 0 Å². The van der Waals surface area contributed by atoms with Crippen molar-refractivity contribution in [2.24, 2.45) is 0 Å². The first-order chi connectivity index (χ1) is 8.88. The van der Waals surface area contributed by atoms with Crippen molar-refractivity contribution in [1.82, 2.24) is 10.2 Å². The highest BCUT2D eigenvalue weighted by molar-refractivity contribution is 7.99. The van der Waals surface area contributed by atoms with Gasteiger partial charge < -0.3 is 5.32 Å². The fourth-order valence-electron chi connectivity index (χ4n) is 2.24. The molecule has 0 atom stereocenters. The lowest BCUT2D eigenvalue weighted by atomic mass is 10.1. The molecule has 0 aliphatic carbocycles. The summed E-state index contributed by atoms with van der Waals surface area (Å²) >= 11 is 2.07. The van der Waals surface area contributed by atoms with E-state index in [1.165, 1.54) is 35.7 Å². The minimum absolute atomic E-state index is 1.06. The second-order valence-electron chi connectivity index (χ2n) is 4.81. The van der Waals surface area contributed by atoms with Gasteiger partial charge in [-0.15, -0.1) is 0 Å². The van der Waals surface area contributed by atoms with Crippen molar-refractivity contribution in [2.75, 3.05) is 37.7 Å². The van der Waals surface area contributed by atoms with E-state index < -0.39 is 0 Å². The van der Waals surface area contributed by atoms with E-state index in [1.807, 2.05) is 0 Å². The number of rotatable bonds is 6. The number of thioether (sulfide) groups is 1. The van der Waals surface area contributed by atoms with Gasteiger partial charge >= 0.3 is 0 Å². The van der Waals surface area contributed by atoms with Crippen molar-refractivity contribution in [3.8, 4) is 0 Å². The van der Waals surface area contributed by atoms with Crippen molar-refractivity contribution in [2.45, 2.75) is 19.9 Å². The molecule has 3 heteroatoms. The van der Waals surface area contributed by atoms with Crippen LogP contribution in [0, 0.1) is 0 Å². The Kier molecular flexibility index (Phi) is 6.05. The number of nitrogens with one attached hydrogen (secondary N) is 1. The quantitative estimate of drug-likeness (QED) is 0.794. The largest absolute Gasteiger partial charge is 0.317 e. The Morgan fingerprint density at radius 2 is 1.78 bits per heavy atom. The predicted molar refractivity (Wildman–Crippen MR) is 81.3 cm³/mol. The maximum Gasteiger partial charge on any atom is 0.0234 e. The topological polar surface area (TPSA) is 15.3 Å². The third-order valence-corrected chi connectivity index (χ3v) is 4.32. The molecule has 1 aliphatic rings. The van der Waals surface area contributed by atoms with E-state index in [9.17, 15) is 0 Å². The Labute approximate surface area is 115 Å². The third-order valence-electron chi connectivity index (χ3n) is 3.37. The van der Waals surface area contributed by atoms with E-state index >= 15 is 0 Å². The molecule has 1 aromatic rings. The van der Waals surface area contributed by atoms with Gasteiger partial charge in [0.05, 0.1) is 0 Å². The Morgan fingerprint density at radius 3 is 2.44 bits per heavy atom. The number of hydrogen-bond acceptors (Lipinski definition) is 3. The minimum atomic E-state index is 1.06. The van der Waals surface area contributed by atoms with Gasteiger partial charge in [-0.1, -0.05) is 31.2 Å². The molecule has 1 aliphatic heterocycles. The summed E-state index contributed by atoms with van der Waals surface area (Å²) in [5, 5.41) is 3.37. The summed E-state index contributed by atoms with van der Waals surface area (Å²) in [7, 11) is 0. The fourth-order valence-corrected chi connectivity index (χ4v) is 3.22. The Hall–Kier alpha value is -0.510. The van der Waals surface area contributed by atoms with E-state index in [0.29, 0.717) is 0 Å². The number of benzene rings is 1. The van der Waals surface area contributed by atoms with Crippen LogP contribution in [0.3, 0.4) is 0 Å². The van der Waals surface area contributed by atoms with E-state index in [4.69, 9.17) is 0 Å². The van der Waals surface area contributed by atoms with Gasteiger partial charge in [0.25, 0.3) is 0 Å². The molecule has 0 amide bonds. The summed E-state index contributed by atoms with van der Waals surface area (Å²) < 4.78 is 0. The summed E-state index contributed by atoms with van der Waals surface area (Å²) in [5.41, 5.74) is 2.89. The third kappa shape index (κ3) is 4.63. The normalized spacial score (nSPS) is 16.9. The standard InChI is InChI=1S/C15H24N2S/c1-2-16-8-7-14-3-5-15(6-4-14)13-17-9-11-18-12-10-17/h3-6,16H,2,7-13H2,1H3. The molecule has 100 valence electrons. The maximum absolute atomic E-state index is 3.37. The number of likely N-dealkylation sites (N-methyl/N-ethyl adjacent to an activating group) is 1. The zero-order chi connectivity index (χ0) is 12.6. The average Bonchev–Trinajstić information content (AvgIpc) is 2.42. The zero-order valence-corrected chi connectivity index (χ0v) is 12.1. The Balaban J connectivity index is 1.79. The lowest BCUT2D eigenvalue weighted by Crippen LogP contribution is -2.31.